The Hall–Kier alpha value is -9.83. The van der Waals surface area contributed by atoms with Crippen molar-refractivity contribution in [2.24, 2.45) is 10.8 Å². The molecule has 2 aromatic carbocycles. The van der Waals surface area contributed by atoms with Crippen molar-refractivity contribution in [3.8, 4) is 56.9 Å². The molecule has 21 nitrogen and oxygen atoms in total. The highest BCUT2D eigenvalue weighted by Gasteiger charge is 2.52. The van der Waals surface area contributed by atoms with Crippen LogP contribution in [0.1, 0.15) is 62.0 Å². The van der Waals surface area contributed by atoms with E-state index < -0.39 is 24.0 Å². The van der Waals surface area contributed by atoms with Crippen molar-refractivity contribution in [3.05, 3.63) is 155 Å². The average Bonchev–Trinajstić information content (AvgIpc) is 1.63. The van der Waals surface area contributed by atoms with E-state index in [0.717, 1.165) is 114 Å². The predicted octanol–water partition coefficient (Wildman–Crippen LogP) is 11.0. The van der Waals surface area contributed by atoms with E-state index in [9.17, 15) is 38.4 Å². The third-order valence-electron chi connectivity index (χ3n) is 17.6. The Bertz CT molecular complexity index is 4480. The number of alkyl halides is 1. The second-order valence-corrected chi connectivity index (χ2v) is 25.4. The van der Waals surface area contributed by atoms with E-state index in [2.05, 4.69) is 76.0 Å². The lowest BCUT2D eigenvalue weighted by Crippen LogP contribution is -2.51. The van der Waals surface area contributed by atoms with Crippen molar-refractivity contribution in [1.82, 2.24) is 48.9 Å². The number of nitriles is 2. The first-order chi connectivity index (χ1) is 46.5. The number of carbonyl (C=O) groups excluding carboxylic acids is 1. The Morgan fingerprint density at radius 3 is 1.35 bits per heavy atom. The molecule has 0 spiro atoms. The van der Waals surface area contributed by atoms with Crippen LogP contribution in [0.4, 0.5) is 46.7 Å². The minimum absolute atomic E-state index is 0.0665. The number of nitrogens with zero attached hydrogens (tertiary/aromatic N) is 15. The number of halogens is 3. The number of benzene rings is 2. The molecular weight excluding hydrogens is 1250 g/mol. The lowest BCUT2D eigenvalue weighted by atomic mass is 10.1. The third-order valence-corrected chi connectivity index (χ3v) is 19.7. The predicted molar refractivity (Wildman–Crippen MR) is 362 cm³/mol. The molecule has 0 unspecified atom stereocenters. The number of rotatable bonds is 16. The number of nitrogens with one attached hydrogen (secondary N) is 1. The molecule has 0 atom stereocenters. The normalized spacial score (nSPS) is 15.2. The van der Waals surface area contributed by atoms with Gasteiger partial charge in [-0.05, 0) is 136 Å². The Kier molecular flexibility index (Phi) is 19.8. The standard InChI is InChI=1S/C34H33FN8O2S.C29H27FN8S.C5H8O3.CH3F/c1-3-26-31(40(2)33-39-30(27(18-36)46-33)22-4-8-25(35)9-5-22)43-20-24(7-11-29(43)38-26)23-6-10-28(37-19-23)41-14-16-42(17-15-41)32(45)34(21-44)12-13-34;1-3-23-28(36(2)29-35-27(24(16-31)39-29)19-4-8-22(30)9-5-19)38-18-21(7-11-26(38)34-23)20-6-10-25(33-17-20)37-14-12-32-13-15-37;6-3-5(1-2-5)4(7)8;1-2/h4-11,19-20,44H,3,12-17,21H2,1-2H3;4-11,17-18,32H,3,12-15H2,1-2H3;6H,1-3H2,(H,7,8);1H3/i;;;1D. The number of aliphatic hydroxyl groups excluding tert-OH is 2. The largest absolute Gasteiger partial charge is 0.481 e. The quantitative estimate of drug-likeness (QED) is 0.0701. The monoisotopic (exact) mass is 1330 g/mol. The molecule has 2 saturated carbocycles. The number of fused-ring (bicyclic) bond motifs is 2. The summed E-state index contributed by atoms with van der Waals surface area (Å²) in [6.45, 7) is 10.3. The molecule has 10 aromatic rings. The van der Waals surface area contributed by atoms with Crippen LogP contribution in [0, 0.1) is 45.1 Å². The number of hydrogen-bond acceptors (Lipinski definition) is 19. The maximum absolute atomic E-state index is 13.6. The zero-order valence-electron chi connectivity index (χ0n) is 53.9. The molecule has 2 aliphatic carbocycles. The van der Waals surface area contributed by atoms with Gasteiger partial charge >= 0.3 is 5.97 Å². The first kappa shape index (κ1) is 65.2. The Balaban J connectivity index is 0.000000170. The SMILES string of the molecule is CCc1nc2ccc(-c3ccc(N4CCN(C(=O)C5(CO)CC5)CC4)nc3)cn2c1N(C)c1nc(-c2ccc(F)cc2)c(C#N)s1.CCc1nc2ccc(-c3ccc(N4CCNCC4)nc3)cn2c1N(C)c1nc(-c2ccc(F)cc2)c(C#N)s1.O=C(O)C1(CO)CC1.[2H]CF. The average molecular weight is 1330 g/mol. The maximum atomic E-state index is 13.6. The van der Waals surface area contributed by atoms with E-state index in [0.29, 0.717) is 88.0 Å². The van der Waals surface area contributed by atoms with Crippen LogP contribution in [0.2, 0.25) is 0 Å². The van der Waals surface area contributed by atoms with Gasteiger partial charge in [-0.1, -0.05) is 36.5 Å². The summed E-state index contributed by atoms with van der Waals surface area (Å²) in [7, 11) is 2.86. The van der Waals surface area contributed by atoms with Crippen molar-refractivity contribution < 1.29 is 39.5 Å². The van der Waals surface area contributed by atoms with Gasteiger partial charge in [0.25, 0.3) is 0 Å². The second-order valence-electron chi connectivity index (χ2n) is 23.5. The summed E-state index contributed by atoms with van der Waals surface area (Å²) in [4.78, 5) is 63.1. The molecule has 95 heavy (non-hydrogen) atoms. The van der Waals surface area contributed by atoms with Gasteiger partial charge in [0.2, 0.25) is 5.91 Å². The summed E-state index contributed by atoms with van der Waals surface area (Å²) in [5.41, 5.74) is 8.63. The van der Waals surface area contributed by atoms with E-state index in [4.69, 9.17) is 41.5 Å². The number of aliphatic carboxylic acids is 1. The van der Waals surface area contributed by atoms with Crippen LogP contribution < -0.4 is 24.9 Å². The lowest BCUT2D eigenvalue weighted by Gasteiger charge is -2.37. The zero-order chi connectivity index (χ0) is 67.8. The summed E-state index contributed by atoms with van der Waals surface area (Å²) in [5.74, 6) is 2.16. The topological polar surface area (TPSA) is 257 Å². The van der Waals surface area contributed by atoms with Crippen LogP contribution >= 0.6 is 22.7 Å². The molecule has 26 heteroatoms. The number of aromatic nitrogens is 8. The molecule has 4 aliphatic rings. The van der Waals surface area contributed by atoms with Crippen LogP contribution in [-0.4, -0.2) is 158 Å². The molecule has 1 amide bonds. The van der Waals surface area contributed by atoms with Crippen molar-refractivity contribution >= 4 is 79.4 Å². The number of pyridine rings is 4. The van der Waals surface area contributed by atoms with Crippen molar-refractivity contribution in [2.75, 3.05) is 106 Å². The van der Waals surface area contributed by atoms with Crippen LogP contribution in [0.3, 0.4) is 0 Å². The van der Waals surface area contributed by atoms with E-state index in [1.807, 2.05) is 76.1 Å². The van der Waals surface area contributed by atoms with Crippen LogP contribution in [-0.2, 0) is 22.4 Å². The van der Waals surface area contributed by atoms with Gasteiger partial charge in [-0.3, -0.25) is 22.8 Å². The van der Waals surface area contributed by atoms with Gasteiger partial charge < -0.3 is 45.1 Å². The highest BCUT2D eigenvalue weighted by atomic mass is 32.1. The fourth-order valence-electron chi connectivity index (χ4n) is 11.6. The van der Waals surface area contributed by atoms with Gasteiger partial charge in [0.15, 0.2) is 10.3 Å². The number of aliphatic hydroxyl groups is 2. The summed E-state index contributed by atoms with van der Waals surface area (Å²) in [5, 5.41) is 50.7. The number of anilines is 6. The summed E-state index contributed by atoms with van der Waals surface area (Å²) in [6.07, 6.45) is 12.2. The van der Waals surface area contributed by atoms with E-state index in [-0.39, 0.29) is 30.8 Å². The van der Waals surface area contributed by atoms with Gasteiger partial charge in [0.05, 0.1) is 44.0 Å². The lowest BCUT2D eigenvalue weighted by molar-refractivity contribution is -0.145. The highest BCUT2D eigenvalue weighted by Crippen LogP contribution is 2.47. The molecule has 2 saturated heterocycles. The molecular formula is C69H71F3N16O5S2. The molecule has 0 bridgehead atoms. The highest BCUT2D eigenvalue weighted by molar-refractivity contribution is 7.17. The Labute approximate surface area is 556 Å². The van der Waals surface area contributed by atoms with Crippen LogP contribution in [0.5, 0.6) is 0 Å². The number of carboxylic acids is 1. The first-order valence-electron chi connectivity index (χ1n) is 31.8. The van der Waals surface area contributed by atoms with Crippen molar-refractivity contribution in [1.29, 1.82) is 10.5 Å². The van der Waals surface area contributed by atoms with Crippen LogP contribution in [0.25, 0.3) is 56.1 Å². The smallest absolute Gasteiger partial charge is 0.311 e. The van der Waals surface area contributed by atoms with Gasteiger partial charge in [0.1, 0.15) is 79.5 Å². The summed E-state index contributed by atoms with van der Waals surface area (Å²) in [6, 6.07) is 32.9. The minimum atomic E-state index is -1.00. The Morgan fingerprint density at radius 1 is 0.600 bits per heavy atom. The van der Waals surface area contributed by atoms with Gasteiger partial charge in [0, 0.05) is 125 Å². The number of aryl methyl sites for hydroxylation is 2. The van der Waals surface area contributed by atoms with E-state index in [1.54, 1.807) is 24.3 Å². The number of imidazole rings is 2. The molecule has 4 N–H and O–H groups in total. The molecule has 10 heterocycles. The fourth-order valence-corrected chi connectivity index (χ4v) is 13.3. The number of thiazole rings is 2. The number of carbonyl (C=O) groups is 2. The Morgan fingerprint density at radius 2 is 1.00 bits per heavy atom. The van der Waals surface area contributed by atoms with Crippen molar-refractivity contribution in [2.45, 2.75) is 52.4 Å². The maximum Gasteiger partial charge on any atom is 0.311 e. The first-order valence-corrected chi connectivity index (χ1v) is 32.7. The number of carboxylic acid groups (broad SMARTS) is 1. The van der Waals surface area contributed by atoms with Crippen molar-refractivity contribution in [3.63, 3.8) is 0 Å². The number of amides is 1. The summed E-state index contributed by atoms with van der Waals surface area (Å²) < 4.78 is 46.7. The zero-order valence-corrected chi connectivity index (χ0v) is 54.5. The fraction of sp³-hybridized carbons (Fsp3) is 0.333. The molecule has 490 valence electrons. The van der Waals surface area contributed by atoms with E-state index in [1.165, 1.54) is 46.9 Å². The van der Waals surface area contributed by atoms with Gasteiger partial charge in [-0.25, -0.2) is 38.7 Å². The third kappa shape index (κ3) is 13.9. The number of hydrogen-bond donors (Lipinski definition) is 4. The minimum Gasteiger partial charge on any atom is -0.481 e. The molecule has 8 aromatic heterocycles. The molecule has 0 radical (unpaired) electrons. The van der Waals surface area contributed by atoms with Gasteiger partial charge in [-0.15, -0.1) is 0 Å². The molecule has 14 rings (SSSR count). The second kappa shape index (κ2) is 28.8. The summed E-state index contributed by atoms with van der Waals surface area (Å²) >= 11 is 2.59. The molecule has 4 fully saturated rings. The van der Waals surface area contributed by atoms with E-state index >= 15 is 0 Å². The number of piperazine rings is 2. The molecule has 2 aliphatic heterocycles. The van der Waals surface area contributed by atoms with Gasteiger partial charge in [-0.2, -0.15) is 10.5 Å². The van der Waals surface area contributed by atoms with Crippen LogP contribution in [0.15, 0.2) is 122 Å².